The second kappa shape index (κ2) is 5.48. The van der Waals surface area contributed by atoms with E-state index in [4.69, 9.17) is 9.47 Å². The smallest absolute Gasteiger partial charge is 0.0730 e. The molecule has 2 aliphatic heterocycles. The van der Waals surface area contributed by atoms with Crippen LogP contribution in [0, 0.1) is 5.92 Å². The van der Waals surface area contributed by atoms with E-state index in [1.165, 1.54) is 0 Å². The molecule has 1 spiro atoms. The van der Waals surface area contributed by atoms with Crippen LogP contribution in [0.3, 0.4) is 0 Å². The van der Waals surface area contributed by atoms with E-state index in [1.54, 1.807) is 0 Å². The second-order valence-electron chi connectivity index (χ2n) is 5.25. The van der Waals surface area contributed by atoms with Gasteiger partial charge in [0.1, 0.15) is 0 Å². The van der Waals surface area contributed by atoms with Crippen LogP contribution in [0.15, 0.2) is 0 Å². The predicted molar refractivity (Wildman–Crippen MR) is 62.4 cm³/mol. The Morgan fingerprint density at radius 2 is 2.06 bits per heavy atom. The van der Waals surface area contributed by atoms with Gasteiger partial charge in [0.05, 0.1) is 11.7 Å². The molecule has 16 heavy (non-hydrogen) atoms. The molecule has 0 radical (unpaired) electrons. The Morgan fingerprint density at radius 1 is 1.31 bits per heavy atom. The highest BCUT2D eigenvalue weighted by molar-refractivity contribution is 4.90. The maximum Gasteiger partial charge on any atom is 0.0730 e. The van der Waals surface area contributed by atoms with Crippen molar-refractivity contribution in [2.45, 2.75) is 57.2 Å². The van der Waals surface area contributed by atoms with Gasteiger partial charge in [-0.2, -0.15) is 0 Å². The molecule has 2 fully saturated rings. The van der Waals surface area contributed by atoms with Crippen LogP contribution in [-0.4, -0.2) is 36.6 Å². The molecular formula is C13H24O3. The van der Waals surface area contributed by atoms with Crippen molar-refractivity contribution in [3.63, 3.8) is 0 Å². The summed E-state index contributed by atoms with van der Waals surface area (Å²) in [6, 6.07) is 0. The molecule has 0 amide bonds. The zero-order valence-corrected chi connectivity index (χ0v) is 10.3. The number of aliphatic hydroxyl groups excluding tert-OH is 1. The van der Waals surface area contributed by atoms with Crippen molar-refractivity contribution < 1.29 is 14.6 Å². The van der Waals surface area contributed by atoms with Crippen molar-refractivity contribution in [3.05, 3.63) is 0 Å². The maximum atomic E-state index is 10.1. The Labute approximate surface area is 98.1 Å². The van der Waals surface area contributed by atoms with Crippen molar-refractivity contribution >= 4 is 0 Å². The lowest BCUT2D eigenvalue weighted by atomic mass is 9.78. The lowest BCUT2D eigenvalue weighted by Crippen LogP contribution is -2.46. The highest BCUT2D eigenvalue weighted by atomic mass is 16.5. The van der Waals surface area contributed by atoms with Crippen LogP contribution >= 0.6 is 0 Å². The van der Waals surface area contributed by atoms with E-state index in [9.17, 15) is 5.11 Å². The van der Waals surface area contributed by atoms with Gasteiger partial charge in [-0.05, 0) is 38.0 Å². The normalized spacial score (nSPS) is 31.5. The minimum Gasteiger partial charge on any atom is -0.393 e. The fourth-order valence-electron chi connectivity index (χ4n) is 3.02. The van der Waals surface area contributed by atoms with Gasteiger partial charge in [-0.15, -0.1) is 0 Å². The lowest BCUT2D eigenvalue weighted by Gasteiger charge is -2.44. The molecule has 0 aromatic rings. The fourth-order valence-corrected chi connectivity index (χ4v) is 3.02. The average Bonchev–Trinajstić information content (AvgIpc) is 2.30. The van der Waals surface area contributed by atoms with E-state index in [2.05, 4.69) is 6.92 Å². The first-order chi connectivity index (χ1) is 7.76. The fraction of sp³-hybridized carbons (Fsp3) is 1.00. The lowest BCUT2D eigenvalue weighted by molar-refractivity contribution is -0.158. The topological polar surface area (TPSA) is 38.7 Å². The molecule has 1 N–H and O–H groups in total. The first-order valence-electron chi connectivity index (χ1n) is 6.65. The Kier molecular flexibility index (Phi) is 4.22. The average molecular weight is 228 g/mol. The van der Waals surface area contributed by atoms with Crippen molar-refractivity contribution in [2.24, 2.45) is 5.92 Å². The summed E-state index contributed by atoms with van der Waals surface area (Å²) < 4.78 is 11.4. The van der Waals surface area contributed by atoms with Crippen LogP contribution in [0.1, 0.15) is 45.4 Å². The number of ether oxygens (including phenoxy) is 2. The summed E-state index contributed by atoms with van der Waals surface area (Å²) in [5.41, 5.74) is 0.0237. The van der Waals surface area contributed by atoms with Crippen LogP contribution in [0.25, 0.3) is 0 Å². The molecule has 0 bridgehead atoms. The Morgan fingerprint density at radius 3 is 2.75 bits per heavy atom. The van der Waals surface area contributed by atoms with E-state index >= 15 is 0 Å². The summed E-state index contributed by atoms with van der Waals surface area (Å²) in [4.78, 5) is 0. The van der Waals surface area contributed by atoms with Gasteiger partial charge in [0, 0.05) is 19.8 Å². The Balaban J connectivity index is 1.92. The first kappa shape index (κ1) is 12.3. The van der Waals surface area contributed by atoms with E-state index in [1.807, 2.05) is 0 Å². The monoisotopic (exact) mass is 228 g/mol. The van der Waals surface area contributed by atoms with Crippen LogP contribution in [0.2, 0.25) is 0 Å². The largest absolute Gasteiger partial charge is 0.393 e. The Hall–Kier alpha value is -0.120. The van der Waals surface area contributed by atoms with Crippen molar-refractivity contribution in [3.8, 4) is 0 Å². The number of hydrogen-bond donors (Lipinski definition) is 1. The molecule has 2 atom stereocenters. The number of rotatable bonds is 3. The molecule has 2 rings (SSSR count). The van der Waals surface area contributed by atoms with E-state index in [-0.39, 0.29) is 11.7 Å². The van der Waals surface area contributed by atoms with Crippen LogP contribution in [-0.2, 0) is 9.47 Å². The third-order valence-electron chi connectivity index (χ3n) is 4.06. The van der Waals surface area contributed by atoms with Gasteiger partial charge >= 0.3 is 0 Å². The van der Waals surface area contributed by atoms with Gasteiger partial charge in [-0.1, -0.05) is 13.3 Å². The van der Waals surface area contributed by atoms with Crippen molar-refractivity contribution in [1.29, 1.82) is 0 Å². The van der Waals surface area contributed by atoms with Crippen LogP contribution < -0.4 is 0 Å². The number of aliphatic hydroxyl groups is 1. The SMILES string of the molecule is CCCC(O)C1CCOC2(CCOCC2)C1. The van der Waals surface area contributed by atoms with Gasteiger partial charge in [-0.25, -0.2) is 0 Å². The quantitative estimate of drug-likeness (QED) is 0.804. The summed E-state index contributed by atoms with van der Waals surface area (Å²) >= 11 is 0. The molecule has 0 aromatic carbocycles. The molecule has 3 nitrogen and oxygen atoms in total. The minimum absolute atomic E-state index is 0.0237. The van der Waals surface area contributed by atoms with Gasteiger partial charge in [0.15, 0.2) is 0 Å². The van der Waals surface area contributed by atoms with Crippen LogP contribution in [0.5, 0.6) is 0 Å². The molecule has 2 saturated heterocycles. The molecular weight excluding hydrogens is 204 g/mol. The molecule has 2 unspecified atom stereocenters. The minimum atomic E-state index is -0.131. The van der Waals surface area contributed by atoms with Crippen LogP contribution in [0.4, 0.5) is 0 Å². The highest BCUT2D eigenvalue weighted by Crippen LogP contribution is 2.38. The third-order valence-corrected chi connectivity index (χ3v) is 4.06. The molecule has 2 heterocycles. The van der Waals surface area contributed by atoms with Gasteiger partial charge in [0.25, 0.3) is 0 Å². The first-order valence-corrected chi connectivity index (χ1v) is 6.65. The van der Waals surface area contributed by atoms with Gasteiger partial charge in [-0.3, -0.25) is 0 Å². The summed E-state index contributed by atoms with van der Waals surface area (Å²) in [5, 5.41) is 10.1. The van der Waals surface area contributed by atoms with Gasteiger partial charge < -0.3 is 14.6 Å². The molecule has 0 aliphatic carbocycles. The summed E-state index contributed by atoms with van der Waals surface area (Å²) in [5.74, 6) is 0.437. The molecule has 0 saturated carbocycles. The van der Waals surface area contributed by atoms with E-state index in [0.717, 1.165) is 58.3 Å². The molecule has 94 valence electrons. The summed E-state index contributed by atoms with van der Waals surface area (Å²) in [6.45, 7) is 4.57. The zero-order valence-electron chi connectivity index (χ0n) is 10.3. The summed E-state index contributed by atoms with van der Waals surface area (Å²) in [7, 11) is 0. The highest BCUT2D eigenvalue weighted by Gasteiger charge is 2.40. The molecule has 0 aromatic heterocycles. The third kappa shape index (κ3) is 2.76. The predicted octanol–water partition coefficient (Wildman–Crippen LogP) is 2.12. The van der Waals surface area contributed by atoms with Gasteiger partial charge in [0.2, 0.25) is 0 Å². The summed E-state index contributed by atoms with van der Waals surface area (Å²) in [6.07, 6.45) is 5.91. The zero-order chi connectivity index (χ0) is 11.4. The number of hydrogen-bond acceptors (Lipinski definition) is 3. The molecule has 2 aliphatic rings. The van der Waals surface area contributed by atoms with E-state index < -0.39 is 0 Å². The maximum absolute atomic E-state index is 10.1. The molecule has 3 heteroatoms. The second-order valence-corrected chi connectivity index (χ2v) is 5.25. The van der Waals surface area contributed by atoms with E-state index in [0.29, 0.717) is 5.92 Å². The standard InChI is InChI=1S/C13H24O3/c1-2-3-12(14)11-4-7-16-13(10-11)5-8-15-9-6-13/h11-12,14H,2-10H2,1H3. The van der Waals surface area contributed by atoms with Crippen molar-refractivity contribution in [2.75, 3.05) is 19.8 Å². The Bertz CT molecular complexity index is 206. The van der Waals surface area contributed by atoms with Crippen molar-refractivity contribution in [1.82, 2.24) is 0 Å².